The molecule has 0 bridgehead atoms. The Morgan fingerprint density at radius 2 is 1.93 bits per heavy atom. The Kier molecular flexibility index (Phi) is 6.57. The van der Waals surface area contributed by atoms with Crippen molar-refractivity contribution in [3.05, 3.63) is 86.8 Å². The van der Waals surface area contributed by atoms with E-state index < -0.39 is 48.1 Å². The van der Waals surface area contributed by atoms with Crippen LogP contribution in [0.1, 0.15) is 33.2 Å². The number of carbonyl (C=O) groups is 2. The van der Waals surface area contributed by atoms with Crippen LogP contribution < -0.4 is 24.8 Å². The maximum absolute atomic E-state index is 15.6. The Labute approximate surface area is 243 Å². The van der Waals surface area contributed by atoms with Gasteiger partial charge in [-0.3, -0.25) is 19.3 Å². The van der Waals surface area contributed by atoms with Crippen LogP contribution in [0.15, 0.2) is 47.4 Å². The quantitative estimate of drug-likeness (QED) is 0.329. The molecule has 43 heavy (non-hydrogen) atoms. The molecule has 224 valence electrons. The zero-order valence-electron chi connectivity index (χ0n) is 23.0. The zero-order valence-corrected chi connectivity index (χ0v) is 23.0. The van der Waals surface area contributed by atoms with Gasteiger partial charge in [-0.2, -0.15) is 0 Å². The van der Waals surface area contributed by atoms with Crippen molar-refractivity contribution in [2.45, 2.75) is 18.8 Å². The maximum atomic E-state index is 15.6. The van der Waals surface area contributed by atoms with Gasteiger partial charge in [0.05, 0.1) is 32.6 Å². The van der Waals surface area contributed by atoms with Crippen LogP contribution >= 0.6 is 0 Å². The van der Waals surface area contributed by atoms with E-state index in [1.165, 1.54) is 16.9 Å². The van der Waals surface area contributed by atoms with Crippen molar-refractivity contribution in [2.24, 2.45) is 0 Å². The Morgan fingerprint density at radius 1 is 1.07 bits per heavy atom. The van der Waals surface area contributed by atoms with E-state index in [0.717, 1.165) is 24.4 Å². The molecule has 1 fully saturated rings. The molecule has 0 unspecified atom stereocenters. The van der Waals surface area contributed by atoms with Gasteiger partial charge >= 0.3 is 6.16 Å². The fraction of sp³-hybridized carbons (Fsp3) is 0.345. The molecule has 0 N–H and O–H groups in total. The van der Waals surface area contributed by atoms with Crippen molar-refractivity contribution in [3.63, 3.8) is 0 Å². The molecule has 1 saturated heterocycles. The van der Waals surface area contributed by atoms with Crippen LogP contribution in [-0.2, 0) is 20.8 Å². The van der Waals surface area contributed by atoms with Crippen molar-refractivity contribution >= 4 is 17.7 Å². The topological polar surface area (TPSA) is 112 Å². The minimum Gasteiger partial charge on any atom is -0.490 e. The Bertz CT molecular complexity index is 1700. The highest BCUT2D eigenvalue weighted by Gasteiger charge is 2.47. The van der Waals surface area contributed by atoms with Crippen LogP contribution in [0, 0.1) is 11.6 Å². The molecule has 4 aliphatic heterocycles. The van der Waals surface area contributed by atoms with Gasteiger partial charge in [0.2, 0.25) is 18.0 Å². The number of fused-ring (bicyclic) bond motifs is 3. The summed E-state index contributed by atoms with van der Waals surface area (Å²) >= 11 is 0. The summed E-state index contributed by atoms with van der Waals surface area (Å²) in [7, 11) is 1.12. The molecule has 3 aromatic rings. The highest BCUT2D eigenvalue weighted by Crippen LogP contribution is 2.48. The monoisotopic (exact) mass is 596 g/mol. The fourth-order valence-electron chi connectivity index (χ4n) is 6.27. The van der Waals surface area contributed by atoms with Gasteiger partial charge in [-0.1, -0.05) is 18.2 Å². The maximum Gasteiger partial charge on any atom is 0.510 e. The van der Waals surface area contributed by atoms with E-state index in [2.05, 4.69) is 4.74 Å². The number of anilines is 1. The van der Waals surface area contributed by atoms with E-state index in [1.807, 2.05) is 28.1 Å². The molecule has 7 rings (SSSR count). The molecule has 1 amide bonds. The number of hydrogen-bond acceptors (Lipinski definition) is 10. The van der Waals surface area contributed by atoms with E-state index in [9.17, 15) is 18.8 Å². The van der Waals surface area contributed by atoms with Gasteiger partial charge < -0.3 is 33.5 Å². The smallest absolute Gasteiger partial charge is 0.490 e. The lowest BCUT2D eigenvalue weighted by Gasteiger charge is -2.51. The number of halogens is 2. The summed E-state index contributed by atoms with van der Waals surface area (Å²) < 4.78 is 58.5. The number of hydrogen-bond donors (Lipinski definition) is 0. The molecule has 12 nitrogen and oxygen atoms in total. The highest BCUT2D eigenvalue weighted by molar-refractivity contribution is 5.96. The second-order valence-corrected chi connectivity index (χ2v) is 10.3. The van der Waals surface area contributed by atoms with Crippen molar-refractivity contribution in [3.8, 4) is 11.5 Å². The van der Waals surface area contributed by atoms with E-state index in [1.54, 1.807) is 11.0 Å². The number of rotatable bonds is 4. The molecule has 2 atom stereocenters. The van der Waals surface area contributed by atoms with Crippen molar-refractivity contribution < 1.29 is 42.1 Å². The van der Waals surface area contributed by atoms with Gasteiger partial charge in [0, 0.05) is 36.5 Å². The first-order valence-electron chi connectivity index (χ1n) is 13.6. The first-order chi connectivity index (χ1) is 20.9. The minimum absolute atomic E-state index is 0.0939. The average molecular weight is 597 g/mol. The Hall–Kier alpha value is -4.85. The third-order valence-corrected chi connectivity index (χ3v) is 8.10. The summed E-state index contributed by atoms with van der Waals surface area (Å²) in [6, 6.07) is 8.59. The van der Waals surface area contributed by atoms with Crippen LogP contribution in [-0.4, -0.2) is 74.6 Å². The SMILES string of the molecule is COC(=O)OCOc1c2n(ccc1=O)N([C@H]1c3ccc(F)c(F)c3CN3CCOc4cccc1c43)[C@@H]1COCCN1C2=O. The number of morpholine rings is 1. The lowest BCUT2D eigenvalue weighted by molar-refractivity contribution is -0.0208. The van der Waals surface area contributed by atoms with Crippen LogP contribution in [0.3, 0.4) is 0 Å². The number of benzene rings is 2. The summed E-state index contributed by atoms with van der Waals surface area (Å²) in [5, 5.41) is 1.81. The highest BCUT2D eigenvalue weighted by atomic mass is 19.2. The fourth-order valence-corrected chi connectivity index (χ4v) is 6.27. The standard InChI is InChI=1S/C29H26F2N4O8/c1-39-29(38)43-15-42-27-20(36)7-8-34-26(27)28(37)33-10-11-40-14-22(33)35(34)24-16-5-6-19(30)23(31)18(16)13-32-9-12-41-21-4-2-3-17(24)25(21)32/h2-8,22,24H,9-15H2,1H3/t22-,24+/m1/s1. The van der Waals surface area contributed by atoms with Gasteiger partial charge in [0.15, 0.2) is 17.3 Å². The largest absolute Gasteiger partial charge is 0.510 e. The number of carbonyl (C=O) groups excluding carboxylic acids is 2. The number of amides is 1. The Balaban J connectivity index is 1.47. The number of nitrogens with zero attached hydrogens (tertiary/aromatic N) is 4. The average Bonchev–Trinajstić information content (AvgIpc) is 3.16. The van der Waals surface area contributed by atoms with Crippen LogP contribution in [0.2, 0.25) is 0 Å². The predicted molar refractivity (Wildman–Crippen MR) is 145 cm³/mol. The molecule has 0 aliphatic carbocycles. The molecule has 14 heteroatoms. The van der Waals surface area contributed by atoms with E-state index in [-0.39, 0.29) is 43.3 Å². The first kappa shape index (κ1) is 27.0. The minimum atomic E-state index is -1.03. The molecule has 4 aliphatic rings. The van der Waals surface area contributed by atoms with E-state index in [4.69, 9.17) is 18.9 Å². The van der Waals surface area contributed by atoms with Crippen LogP contribution in [0.5, 0.6) is 11.5 Å². The molecule has 0 spiro atoms. The van der Waals surface area contributed by atoms with Crippen LogP contribution in [0.4, 0.5) is 19.3 Å². The lowest BCUT2D eigenvalue weighted by atomic mass is 9.92. The number of ether oxygens (including phenoxy) is 5. The molecule has 5 heterocycles. The lowest BCUT2D eigenvalue weighted by Crippen LogP contribution is -2.66. The van der Waals surface area contributed by atoms with Crippen molar-refractivity contribution in [1.29, 1.82) is 0 Å². The number of methoxy groups -OCH3 is 1. The second-order valence-electron chi connectivity index (χ2n) is 10.3. The van der Waals surface area contributed by atoms with Gasteiger partial charge in [-0.15, -0.1) is 0 Å². The molecule has 1 aromatic heterocycles. The van der Waals surface area contributed by atoms with Crippen LogP contribution in [0.25, 0.3) is 0 Å². The van der Waals surface area contributed by atoms with Gasteiger partial charge in [0.1, 0.15) is 24.6 Å². The number of pyridine rings is 1. The number of aromatic nitrogens is 1. The second kappa shape index (κ2) is 10.5. The van der Waals surface area contributed by atoms with Crippen molar-refractivity contribution in [2.75, 3.05) is 56.7 Å². The summed E-state index contributed by atoms with van der Waals surface area (Å²) in [4.78, 5) is 42.0. The summed E-state index contributed by atoms with van der Waals surface area (Å²) in [5.74, 6) is -2.19. The predicted octanol–water partition coefficient (Wildman–Crippen LogP) is 2.50. The first-order valence-corrected chi connectivity index (χ1v) is 13.6. The summed E-state index contributed by atoms with van der Waals surface area (Å²) in [6.07, 6.45) is -0.298. The van der Waals surface area contributed by atoms with Gasteiger partial charge in [0.25, 0.3) is 5.91 Å². The number of para-hydroxylation sites is 1. The van der Waals surface area contributed by atoms with E-state index >= 15 is 4.39 Å². The zero-order chi connectivity index (χ0) is 29.8. The molecule has 0 saturated carbocycles. The summed E-state index contributed by atoms with van der Waals surface area (Å²) in [6.45, 7) is 0.770. The molecular weight excluding hydrogens is 570 g/mol. The van der Waals surface area contributed by atoms with E-state index in [0.29, 0.717) is 24.5 Å². The molecular formula is C29H26F2N4O8. The third-order valence-electron chi connectivity index (χ3n) is 8.10. The third kappa shape index (κ3) is 4.23. The van der Waals surface area contributed by atoms with Gasteiger partial charge in [-0.25, -0.2) is 13.6 Å². The van der Waals surface area contributed by atoms with Crippen molar-refractivity contribution in [1.82, 2.24) is 9.58 Å². The molecule has 0 radical (unpaired) electrons. The normalized spacial score (nSPS) is 20.2. The molecule has 2 aromatic carbocycles. The Morgan fingerprint density at radius 3 is 2.77 bits per heavy atom. The van der Waals surface area contributed by atoms with Gasteiger partial charge in [-0.05, 0) is 17.7 Å². The summed E-state index contributed by atoms with van der Waals surface area (Å²) in [5.41, 5.74) is 1.35.